The average Bonchev–Trinajstić information content (AvgIpc) is 1.82. The van der Waals surface area contributed by atoms with E-state index < -0.39 is 0 Å². The number of carbonyl (C=O) groups excluding carboxylic acids is 1. The van der Waals surface area contributed by atoms with E-state index >= 15 is 0 Å². The molecule has 1 radical (unpaired) electrons. The molecule has 2 heteroatoms. The van der Waals surface area contributed by atoms with Crippen molar-refractivity contribution >= 4 is 6.29 Å². The van der Waals surface area contributed by atoms with Gasteiger partial charge in [-0.3, -0.25) is 4.79 Å². The molecule has 0 spiro atoms. The van der Waals surface area contributed by atoms with Crippen LogP contribution < -0.4 is 5.32 Å². The quantitative estimate of drug-likeness (QED) is 0.604. The van der Waals surface area contributed by atoms with Crippen molar-refractivity contribution in [2.24, 2.45) is 5.92 Å². The molecule has 53 valence electrons. The summed E-state index contributed by atoms with van der Waals surface area (Å²) in [5.41, 5.74) is 0. The Morgan fingerprint density at radius 3 is 2.22 bits per heavy atom. The zero-order valence-corrected chi connectivity index (χ0v) is 6.27. The third kappa shape index (κ3) is 4.15. The van der Waals surface area contributed by atoms with Crippen molar-refractivity contribution in [2.45, 2.75) is 26.3 Å². The lowest BCUT2D eigenvalue weighted by Crippen LogP contribution is -2.27. The van der Waals surface area contributed by atoms with Gasteiger partial charge in [0.2, 0.25) is 6.29 Å². The maximum absolute atomic E-state index is 10.1. The van der Waals surface area contributed by atoms with Crippen molar-refractivity contribution in [2.75, 3.05) is 7.05 Å². The van der Waals surface area contributed by atoms with Crippen LogP contribution in [0.15, 0.2) is 0 Å². The Labute approximate surface area is 56.6 Å². The zero-order valence-electron chi connectivity index (χ0n) is 6.27. The number of hydrogen-bond acceptors (Lipinski definition) is 2. The van der Waals surface area contributed by atoms with Crippen LogP contribution in [0.25, 0.3) is 0 Å². The molecule has 0 amide bonds. The first-order valence-corrected chi connectivity index (χ1v) is 3.25. The van der Waals surface area contributed by atoms with Gasteiger partial charge in [-0.25, -0.2) is 0 Å². The lowest BCUT2D eigenvalue weighted by atomic mass is 10.1. The van der Waals surface area contributed by atoms with Gasteiger partial charge in [0.1, 0.15) is 0 Å². The second kappa shape index (κ2) is 4.50. The first-order valence-electron chi connectivity index (χ1n) is 3.25. The van der Waals surface area contributed by atoms with Crippen molar-refractivity contribution in [1.29, 1.82) is 0 Å². The summed E-state index contributed by atoms with van der Waals surface area (Å²) in [6.07, 6.45) is 2.80. The van der Waals surface area contributed by atoms with Crippen LogP contribution in [-0.4, -0.2) is 19.4 Å². The summed E-state index contributed by atoms with van der Waals surface area (Å²) in [6, 6.07) is -0.0787. The van der Waals surface area contributed by atoms with E-state index in [0.717, 1.165) is 6.42 Å². The van der Waals surface area contributed by atoms with E-state index in [1.165, 1.54) is 0 Å². The maximum Gasteiger partial charge on any atom is 0.216 e. The van der Waals surface area contributed by atoms with Crippen molar-refractivity contribution in [3.8, 4) is 0 Å². The maximum atomic E-state index is 10.1. The molecule has 9 heavy (non-hydrogen) atoms. The Balaban J connectivity index is 3.42. The molecule has 0 aliphatic carbocycles. The van der Waals surface area contributed by atoms with E-state index in [4.69, 9.17) is 0 Å². The van der Waals surface area contributed by atoms with Crippen molar-refractivity contribution in [1.82, 2.24) is 5.32 Å². The van der Waals surface area contributed by atoms with Crippen molar-refractivity contribution in [3.05, 3.63) is 0 Å². The van der Waals surface area contributed by atoms with Gasteiger partial charge in [-0.15, -0.1) is 0 Å². The Kier molecular flexibility index (Phi) is 4.32. The molecule has 0 rings (SSSR count). The van der Waals surface area contributed by atoms with Gasteiger partial charge in [0.05, 0.1) is 6.04 Å². The second-order valence-electron chi connectivity index (χ2n) is 2.59. The van der Waals surface area contributed by atoms with E-state index in [1.54, 1.807) is 7.05 Å². The molecule has 0 aliphatic heterocycles. The minimum Gasteiger partial charge on any atom is -0.310 e. The Bertz CT molecular complexity index is 81.0. The van der Waals surface area contributed by atoms with Gasteiger partial charge in [-0.2, -0.15) is 0 Å². The summed E-state index contributed by atoms with van der Waals surface area (Å²) < 4.78 is 0. The summed E-state index contributed by atoms with van der Waals surface area (Å²) in [5, 5.41) is 2.86. The molecule has 0 fully saturated rings. The third-order valence-electron chi connectivity index (χ3n) is 1.20. The van der Waals surface area contributed by atoms with Crippen LogP contribution in [0.1, 0.15) is 20.3 Å². The van der Waals surface area contributed by atoms with Gasteiger partial charge in [0.15, 0.2) is 0 Å². The number of nitrogens with one attached hydrogen (secondary N) is 1. The summed E-state index contributed by atoms with van der Waals surface area (Å²) in [5.74, 6) is 0.559. The topological polar surface area (TPSA) is 29.1 Å². The Morgan fingerprint density at radius 2 is 2.11 bits per heavy atom. The highest BCUT2D eigenvalue weighted by atomic mass is 16.1. The number of hydrogen-bond donors (Lipinski definition) is 1. The third-order valence-corrected chi connectivity index (χ3v) is 1.20. The van der Waals surface area contributed by atoms with E-state index in [9.17, 15) is 4.79 Å². The average molecular weight is 128 g/mol. The lowest BCUT2D eigenvalue weighted by molar-refractivity contribution is 0.476. The van der Waals surface area contributed by atoms with Gasteiger partial charge in [0, 0.05) is 0 Å². The molecule has 1 atom stereocenters. The summed E-state index contributed by atoms with van der Waals surface area (Å²) in [4.78, 5) is 10.1. The molecular weight excluding hydrogens is 114 g/mol. The van der Waals surface area contributed by atoms with Gasteiger partial charge >= 0.3 is 0 Å². The van der Waals surface area contributed by atoms with E-state index in [-0.39, 0.29) is 6.04 Å². The summed E-state index contributed by atoms with van der Waals surface area (Å²) in [6.45, 7) is 4.17. The van der Waals surface area contributed by atoms with Crippen LogP contribution in [0.4, 0.5) is 0 Å². The molecule has 0 bridgehead atoms. The number of likely N-dealkylation sites (N-methyl/N-ethyl adjacent to an activating group) is 1. The summed E-state index contributed by atoms with van der Waals surface area (Å²) in [7, 11) is 1.78. The van der Waals surface area contributed by atoms with Crippen LogP contribution in [-0.2, 0) is 4.79 Å². The standard InChI is InChI=1S/C7H14NO/c1-6(2)4-7(5-9)8-3/h6-8H,4H2,1-3H3. The van der Waals surface area contributed by atoms with Crippen LogP contribution in [0.5, 0.6) is 0 Å². The van der Waals surface area contributed by atoms with Crippen molar-refractivity contribution in [3.63, 3.8) is 0 Å². The molecule has 0 saturated carbocycles. The molecule has 1 N–H and O–H groups in total. The zero-order chi connectivity index (χ0) is 7.28. The van der Waals surface area contributed by atoms with Crippen molar-refractivity contribution < 1.29 is 4.79 Å². The molecule has 0 aromatic rings. The van der Waals surface area contributed by atoms with Crippen LogP contribution in [0.3, 0.4) is 0 Å². The fourth-order valence-corrected chi connectivity index (χ4v) is 0.696. The molecule has 1 unspecified atom stereocenters. The smallest absolute Gasteiger partial charge is 0.216 e. The SMILES string of the molecule is CNC([C]=O)CC(C)C. The lowest BCUT2D eigenvalue weighted by Gasteiger charge is -2.09. The molecule has 0 aromatic carbocycles. The molecular formula is C7H14NO. The fraction of sp³-hybridized carbons (Fsp3) is 0.857. The highest BCUT2D eigenvalue weighted by Crippen LogP contribution is 2.01. The van der Waals surface area contributed by atoms with E-state index in [0.29, 0.717) is 5.92 Å². The minimum absolute atomic E-state index is 0.0787. The second-order valence-corrected chi connectivity index (χ2v) is 2.59. The number of rotatable bonds is 4. The Morgan fingerprint density at radius 1 is 1.56 bits per heavy atom. The monoisotopic (exact) mass is 128 g/mol. The van der Waals surface area contributed by atoms with Gasteiger partial charge < -0.3 is 5.32 Å². The van der Waals surface area contributed by atoms with Gasteiger partial charge in [-0.1, -0.05) is 13.8 Å². The molecule has 0 saturated heterocycles. The van der Waals surface area contributed by atoms with E-state index in [1.807, 2.05) is 6.29 Å². The molecule has 2 nitrogen and oxygen atoms in total. The largest absolute Gasteiger partial charge is 0.310 e. The highest BCUT2D eigenvalue weighted by molar-refractivity contribution is 5.58. The predicted molar refractivity (Wildman–Crippen MR) is 38.0 cm³/mol. The molecule has 0 heterocycles. The fourth-order valence-electron chi connectivity index (χ4n) is 0.696. The first kappa shape index (κ1) is 8.63. The normalized spacial score (nSPS) is 13.8. The van der Waals surface area contributed by atoms with Gasteiger partial charge in [-0.05, 0) is 19.4 Å². The van der Waals surface area contributed by atoms with Crippen LogP contribution in [0, 0.1) is 5.92 Å². The highest BCUT2D eigenvalue weighted by Gasteiger charge is 2.06. The predicted octanol–water partition coefficient (Wildman–Crippen LogP) is 0.730. The Hall–Kier alpha value is -0.370. The minimum atomic E-state index is -0.0787. The molecule has 0 aromatic heterocycles. The van der Waals surface area contributed by atoms with Gasteiger partial charge in [0.25, 0.3) is 0 Å². The van der Waals surface area contributed by atoms with Crippen LogP contribution in [0.2, 0.25) is 0 Å². The van der Waals surface area contributed by atoms with Crippen LogP contribution >= 0.6 is 0 Å². The molecule has 0 aliphatic rings. The van der Waals surface area contributed by atoms with E-state index in [2.05, 4.69) is 19.2 Å². The summed E-state index contributed by atoms with van der Waals surface area (Å²) >= 11 is 0. The first-order chi connectivity index (χ1) is 4.20.